The van der Waals surface area contributed by atoms with E-state index in [-0.39, 0.29) is 4.90 Å². The van der Waals surface area contributed by atoms with Gasteiger partial charge in [-0.2, -0.15) is 4.72 Å². The monoisotopic (exact) mass is 493 g/mol. The van der Waals surface area contributed by atoms with Crippen molar-refractivity contribution in [1.29, 1.82) is 0 Å². The highest BCUT2D eigenvalue weighted by atomic mass is 32.2. The largest absolute Gasteiger partial charge is 0.492 e. The summed E-state index contributed by atoms with van der Waals surface area (Å²) in [5, 5.41) is 6.66. The zero-order valence-corrected chi connectivity index (χ0v) is 20.7. The third-order valence-corrected chi connectivity index (χ3v) is 6.49. The molecule has 8 nitrogen and oxygen atoms in total. The molecule has 0 bridgehead atoms. The molecule has 3 N–H and O–H groups in total. The minimum atomic E-state index is -3.84. The van der Waals surface area contributed by atoms with Crippen molar-refractivity contribution < 1.29 is 22.7 Å². The Morgan fingerprint density at radius 1 is 1.09 bits per heavy atom. The molecule has 0 heterocycles. The number of carbonyl (C=O) groups excluding carboxylic acids is 1. The van der Waals surface area contributed by atoms with Crippen molar-refractivity contribution in [1.82, 2.24) is 10.0 Å². The highest BCUT2D eigenvalue weighted by molar-refractivity contribution is 7.89. The van der Waals surface area contributed by atoms with Crippen molar-refractivity contribution >= 4 is 39.0 Å². The van der Waals surface area contributed by atoms with E-state index in [1.807, 2.05) is 38.1 Å². The summed E-state index contributed by atoms with van der Waals surface area (Å²) in [6.45, 7) is 4.89. The molecule has 180 valence electrons. The summed E-state index contributed by atoms with van der Waals surface area (Å²) in [6, 6.07) is 13.0. The van der Waals surface area contributed by atoms with Gasteiger partial charge in [0.15, 0.2) is 5.11 Å². The van der Waals surface area contributed by atoms with E-state index >= 15 is 0 Å². The first-order valence-corrected chi connectivity index (χ1v) is 12.6. The summed E-state index contributed by atoms with van der Waals surface area (Å²) in [7, 11) is -2.60. The minimum absolute atomic E-state index is 0.104. The van der Waals surface area contributed by atoms with Gasteiger partial charge in [0.1, 0.15) is 11.8 Å². The normalized spacial score (nSPS) is 12.0. The molecule has 1 unspecified atom stereocenters. The van der Waals surface area contributed by atoms with E-state index in [1.165, 1.54) is 19.2 Å². The number of esters is 1. The Morgan fingerprint density at radius 3 is 2.45 bits per heavy atom. The molecular formula is C23H31N3O5S2. The molecule has 2 aromatic carbocycles. The number of benzene rings is 2. The van der Waals surface area contributed by atoms with Gasteiger partial charge >= 0.3 is 5.97 Å². The second-order valence-electron chi connectivity index (χ2n) is 7.32. The predicted octanol–water partition coefficient (Wildman–Crippen LogP) is 3.37. The van der Waals surface area contributed by atoms with Crippen LogP contribution in [-0.4, -0.2) is 45.8 Å². The summed E-state index contributed by atoms with van der Waals surface area (Å²) >= 11 is 5.33. The van der Waals surface area contributed by atoms with Crippen molar-refractivity contribution in [2.24, 2.45) is 0 Å². The molecule has 2 aromatic rings. The van der Waals surface area contributed by atoms with Crippen molar-refractivity contribution in [3.05, 3.63) is 54.1 Å². The van der Waals surface area contributed by atoms with Crippen molar-refractivity contribution in [3.63, 3.8) is 0 Å². The number of anilines is 1. The number of aryl methyl sites for hydroxylation is 1. The molecule has 1 atom stereocenters. The number of unbranched alkanes of at least 4 members (excludes halogenated alkanes) is 1. The zero-order valence-electron chi connectivity index (χ0n) is 19.1. The van der Waals surface area contributed by atoms with E-state index in [0.29, 0.717) is 43.3 Å². The highest BCUT2D eigenvalue weighted by Gasteiger charge is 2.26. The molecule has 0 aliphatic heterocycles. The lowest BCUT2D eigenvalue weighted by Crippen LogP contribution is -2.41. The predicted molar refractivity (Wildman–Crippen MR) is 133 cm³/mol. The first kappa shape index (κ1) is 26.6. The second kappa shape index (κ2) is 13.1. The first-order valence-electron chi connectivity index (χ1n) is 10.7. The Kier molecular flexibility index (Phi) is 10.6. The fraction of sp³-hybridized carbons (Fsp3) is 0.391. The number of methoxy groups -OCH3 is 1. The van der Waals surface area contributed by atoms with Gasteiger partial charge in [-0.1, -0.05) is 29.8 Å². The van der Waals surface area contributed by atoms with Gasteiger partial charge in [0.05, 0.1) is 24.3 Å². The third-order valence-electron chi connectivity index (χ3n) is 4.75. The maximum absolute atomic E-state index is 12.6. The Hall–Kier alpha value is -2.69. The van der Waals surface area contributed by atoms with Crippen LogP contribution in [0, 0.1) is 6.92 Å². The topological polar surface area (TPSA) is 106 Å². The summed E-state index contributed by atoms with van der Waals surface area (Å²) in [5.74, 6) is 0.0919. The van der Waals surface area contributed by atoms with Crippen LogP contribution in [0.4, 0.5) is 5.69 Å². The molecule has 0 aromatic heterocycles. The van der Waals surface area contributed by atoms with E-state index in [2.05, 4.69) is 15.4 Å². The molecule has 2 rings (SSSR count). The smallest absolute Gasteiger partial charge is 0.323 e. The molecule has 0 amide bonds. The van der Waals surface area contributed by atoms with Gasteiger partial charge in [0.25, 0.3) is 0 Å². The lowest BCUT2D eigenvalue weighted by molar-refractivity contribution is -0.142. The molecule has 0 saturated carbocycles. The number of para-hydroxylation sites is 2. The maximum atomic E-state index is 12.6. The SMILES string of the molecule is CCOc1ccccc1NC(=S)NCCCCC(NS(=O)(=O)c1ccc(C)cc1)C(=O)OC. The number of nitrogens with one attached hydrogen (secondary N) is 3. The average molecular weight is 494 g/mol. The average Bonchev–Trinajstić information content (AvgIpc) is 2.79. The second-order valence-corrected chi connectivity index (χ2v) is 9.44. The number of carbonyl (C=O) groups is 1. The van der Waals surface area contributed by atoms with Crippen LogP contribution in [0.3, 0.4) is 0 Å². The van der Waals surface area contributed by atoms with Crippen LogP contribution < -0.4 is 20.1 Å². The fourth-order valence-corrected chi connectivity index (χ4v) is 4.46. The van der Waals surface area contributed by atoms with Crippen molar-refractivity contribution in [2.45, 2.75) is 44.0 Å². The van der Waals surface area contributed by atoms with Gasteiger partial charge < -0.3 is 20.1 Å². The highest BCUT2D eigenvalue weighted by Crippen LogP contribution is 2.23. The number of hydrogen-bond acceptors (Lipinski definition) is 6. The van der Waals surface area contributed by atoms with E-state index in [9.17, 15) is 13.2 Å². The van der Waals surface area contributed by atoms with Crippen LogP contribution in [0.5, 0.6) is 5.75 Å². The van der Waals surface area contributed by atoms with Crippen molar-refractivity contribution in [2.75, 3.05) is 25.6 Å². The number of rotatable bonds is 12. The molecule has 0 fully saturated rings. The lowest BCUT2D eigenvalue weighted by Gasteiger charge is -2.17. The molecule has 0 aliphatic rings. The number of sulfonamides is 1. The molecule has 0 saturated heterocycles. The fourth-order valence-electron chi connectivity index (χ4n) is 3.03. The van der Waals surface area contributed by atoms with Gasteiger partial charge in [-0.15, -0.1) is 0 Å². The minimum Gasteiger partial charge on any atom is -0.492 e. The summed E-state index contributed by atoms with van der Waals surface area (Å²) in [6.07, 6.45) is 1.56. The molecule has 0 radical (unpaired) electrons. The summed E-state index contributed by atoms with van der Waals surface area (Å²) in [5.41, 5.74) is 1.72. The van der Waals surface area contributed by atoms with Crippen LogP contribution >= 0.6 is 12.2 Å². The van der Waals surface area contributed by atoms with Gasteiger partial charge in [0, 0.05) is 6.54 Å². The Bertz CT molecular complexity index is 1030. The first-order chi connectivity index (χ1) is 15.8. The van der Waals surface area contributed by atoms with E-state index in [1.54, 1.807) is 12.1 Å². The number of thiocarbonyl (C=S) groups is 1. The van der Waals surface area contributed by atoms with Crippen LogP contribution in [0.2, 0.25) is 0 Å². The number of hydrogen-bond donors (Lipinski definition) is 3. The Morgan fingerprint density at radius 2 is 1.79 bits per heavy atom. The third kappa shape index (κ3) is 8.64. The quantitative estimate of drug-likeness (QED) is 0.235. The van der Waals surface area contributed by atoms with E-state index in [0.717, 1.165) is 11.3 Å². The van der Waals surface area contributed by atoms with Gasteiger partial charge in [-0.3, -0.25) is 4.79 Å². The van der Waals surface area contributed by atoms with Crippen LogP contribution in [0.15, 0.2) is 53.4 Å². The standard InChI is InChI=1S/C23H31N3O5S2/c1-4-31-21-11-6-5-9-19(21)25-23(32)24-16-8-7-10-20(22(27)30-3)26-33(28,29)18-14-12-17(2)13-15-18/h5-6,9,11-15,20,26H,4,7-8,10,16H2,1-3H3,(H2,24,25,32). The molecular weight excluding hydrogens is 462 g/mol. The maximum Gasteiger partial charge on any atom is 0.323 e. The van der Waals surface area contributed by atoms with Crippen LogP contribution in [0.1, 0.15) is 31.7 Å². The van der Waals surface area contributed by atoms with E-state index < -0.39 is 22.0 Å². The summed E-state index contributed by atoms with van der Waals surface area (Å²) in [4.78, 5) is 12.2. The Balaban J connectivity index is 1.83. The van der Waals surface area contributed by atoms with Gasteiger partial charge in [-0.05, 0) is 69.6 Å². The van der Waals surface area contributed by atoms with Crippen LogP contribution in [-0.2, 0) is 19.6 Å². The molecule has 0 spiro atoms. The van der Waals surface area contributed by atoms with Gasteiger partial charge in [0.2, 0.25) is 10.0 Å². The Labute approximate surface area is 201 Å². The number of ether oxygens (including phenoxy) is 2. The van der Waals surface area contributed by atoms with Gasteiger partial charge in [-0.25, -0.2) is 8.42 Å². The zero-order chi connectivity index (χ0) is 24.3. The van der Waals surface area contributed by atoms with Crippen molar-refractivity contribution in [3.8, 4) is 5.75 Å². The van der Waals surface area contributed by atoms with E-state index in [4.69, 9.17) is 21.7 Å². The molecule has 0 aliphatic carbocycles. The summed E-state index contributed by atoms with van der Waals surface area (Å²) < 4.78 is 38.1. The van der Waals surface area contributed by atoms with Crippen LogP contribution in [0.25, 0.3) is 0 Å². The molecule has 10 heteroatoms. The lowest BCUT2D eigenvalue weighted by atomic mass is 10.1. The molecule has 33 heavy (non-hydrogen) atoms.